The SMILES string of the molecule is Cc1cc(C(=O)NCCOc2cccc(C)c2C)ccc1NS(=O)(=O)c1ccccc1. The maximum atomic E-state index is 12.5. The van der Waals surface area contributed by atoms with Crippen molar-refractivity contribution in [1.29, 1.82) is 0 Å². The van der Waals surface area contributed by atoms with Gasteiger partial charge < -0.3 is 10.1 Å². The first-order chi connectivity index (χ1) is 14.8. The molecule has 6 nitrogen and oxygen atoms in total. The Morgan fingerprint density at radius 2 is 1.65 bits per heavy atom. The smallest absolute Gasteiger partial charge is 0.261 e. The lowest BCUT2D eigenvalue weighted by Crippen LogP contribution is -2.28. The molecule has 31 heavy (non-hydrogen) atoms. The van der Waals surface area contributed by atoms with Crippen molar-refractivity contribution in [3.05, 3.63) is 89.0 Å². The summed E-state index contributed by atoms with van der Waals surface area (Å²) < 4.78 is 33.3. The van der Waals surface area contributed by atoms with E-state index in [2.05, 4.69) is 10.0 Å². The van der Waals surface area contributed by atoms with E-state index in [9.17, 15) is 13.2 Å². The summed E-state index contributed by atoms with van der Waals surface area (Å²) in [5, 5.41) is 2.82. The third kappa shape index (κ3) is 5.64. The van der Waals surface area contributed by atoms with E-state index in [0.717, 1.165) is 16.9 Å². The summed E-state index contributed by atoms with van der Waals surface area (Å²) in [6.45, 7) is 6.48. The molecule has 0 aliphatic rings. The fraction of sp³-hybridized carbons (Fsp3) is 0.208. The van der Waals surface area contributed by atoms with Crippen LogP contribution < -0.4 is 14.8 Å². The summed E-state index contributed by atoms with van der Waals surface area (Å²) in [6, 6.07) is 18.9. The summed E-state index contributed by atoms with van der Waals surface area (Å²) in [5.74, 6) is 0.560. The van der Waals surface area contributed by atoms with E-state index in [1.165, 1.54) is 12.1 Å². The maximum Gasteiger partial charge on any atom is 0.261 e. The van der Waals surface area contributed by atoms with E-state index >= 15 is 0 Å². The number of anilines is 1. The van der Waals surface area contributed by atoms with Gasteiger partial charge in [-0.1, -0.05) is 30.3 Å². The highest BCUT2D eigenvalue weighted by Gasteiger charge is 2.15. The number of hydrogen-bond acceptors (Lipinski definition) is 4. The lowest BCUT2D eigenvalue weighted by Gasteiger charge is -2.13. The molecule has 0 saturated carbocycles. The Hall–Kier alpha value is -3.32. The quantitative estimate of drug-likeness (QED) is 0.516. The molecule has 0 atom stereocenters. The number of ether oxygens (including phenoxy) is 1. The molecule has 0 heterocycles. The van der Waals surface area contributed by atoms with Crippen LogP contribution in [0.1, 0.15) is 27.0 Å². The molecule has 3 rings (SSSR count). The van der Waals surface area contributed by atoms with Gasteiger partial charge in [0.25, 0.3) is 15.9 Å². The van der Waals surface area contributed by atoms with Crippen LogP contribution in [0, 0.1) is 20.8 Å². The van der Waals surface area contributed by atoms with Gasteiger partial charge in [-0.25, -0.2) is 8.42 Å². The number of nitrogens with one attached hydrogen (secondary N) is 2. The van der Waals surface area contributed by atoms with E-state index in [1.807, 2.05) is 32.0 Å². The van der Waals surface area contributed by atoms with Crippen molar-refractivity contribution >= 4 is 21.6 Å². The van der Waals surface area contributed by atoms with Crippen LogP contribution in [0.2, 0.25) is 0 Å². The predicted molar refractivity (Wildman–Crippen MR) is 122 cm³/mol. The highest BCUT2D eigenvalue weighted by atomic mass is 32.2. The van der Waals surface area contributed by atoms with Crippen molar-refractivity contribution in [2.45, 2.75) is 25.7 Å². The molecule has 0 aliphatic carbocycles. The number of hydrogen-bond donors (Lipinski definition) is 2. The van der Waals surface area contributed by atoms with Gasteiger partial charge in [0.05, 0.1) is 17.1 Å². The molecule has 0 saturated heterocycles. The van der Waals surface area contributed by atoms with Crippen LogP contribution in [-0.4, -0.2) is 27.5 Å². The molecular weight excluding hydrogens is 412 g/mol. The normalized spacial score (nSPS) is 11.1. The number of rotatable bonds is 8. The minimum Gasteiger partial charge on any atom is -0.491 e. The molecule has 3 aromatic rings. The van der Waals surface area contributed by atoms with Gasteiger partial charge in [0, 0.05) is 5.56 Å². The van der Waals surface area contributed by atoms with E-state index in [4.69, 9.17) is 4.74 Å². The largest absolute Gasteiger partial charge is 0.491 e. The van der Waals surface area contributed by atoms with Crippen LogP contribution in [0.15, 0.2) is 71.6 Å². The minimum atomic E-state index is -3.69. The zero-order valence-electron chi connectivity index (χ0n) is 17.8. The standard InChI is InChI=1S/C24H26N2O4S/c1-17-8-7-11-23(19(17)3)30-15-14-25-24(27)20-12-13-22(18(2)16-20)26-31(28,29)21-9-5-4-6-10-21/h4-13,16,26H,14-15H2,1-3H3,(H,25,27). The molecule has 0 radical (unpaired) electrons. The van der Waals surface area contributed by atoms with Gasteiger partial charge in [-0.2, -0.15) is 0 Å². The number of aryl methyl sites for hydroxylation is 2. The Bertz CT molecular complexity index is 1180. The van der Waals surface area contributed by atoms with Crippen molar-refractivity contribution in [1.82, 2.24) is 5.32 Å². The zero-order chi connectivity index (χ0) is 22.4. The predicted octanol–water partition coefficient (Wildman–Crippen LogP) is 4.22. The second-order valence-electron chi connectivity index (χ2n) is 7.25. The van der Waals surface area contributed by atoms with Gasteiger partial charge in [0.1, 0.15) is 12.4 Å². The highest BCUT2D eigenvalue weighted by molar-refractivity contribution is 7.92. The molecule has 0 bridgehead atoms. The van der Waals surface area contributed by atoms with Crippen LogP contribution in [0.25, 0.3) is 0 Å². The second kappa shape index (κ2) is 9.66. The van der Waals surface area contributed by atoms with E-state index < -0.39 is 10.0 Å². The van der Waals surface area contributed by atoms with Gasteiger partial charge in [0.15, 0.2) is 0 Å². The lowest BCUT2D eigenvalue weighted by atomic mass is 10.1. The number of carbonyl (C=O) groups is 1. The van der Waals surface area contributed by atoms with Gasteiger partial charge in [-0.3, -0.25) is 9.52 Å². The van der Waals surface area contributed by atoms with Crippen LogP contribution >= 0.6 is 0 Å². The van der Waals surface area contributed by atoms with E-state index in [0.29, 0.717) is 30.0 Å². The van der Waals surface area contributed by atoms with Crippen LogP contribution in [0.5, 0.6) is 5.75 Å². The Labute approximate surface area is 183 Å². The Morgan fingerprint density at radius 3 is 2.35 bits per heavy atom. The molecule has 0 aliphatic heterocycles. The third-order valence-electron chi connectivity index (χ3n) is 4.99. The molecule has 1 amide bonds. The van der Waals surface area contributed by atoms with Crippen molar-refractivity contribution in [2.24, 2.45) is 0 Å². The number of carbonyl (C=O) groups excluding carboxylic acids is 1. The monoisotopic (exact) mass is 438 g/mol. The molecule has 0 aromatic heterocycles. The van der Waals surface area contributed by atoms with Crippen molar-refractivity contribution in [3.8, 4) is 5.75 Å². The molecule has 7 heteroatoms. The topological polar surface area (TPSA) is 84.5 Å². The Morgan fingerprint density at radius 1 is 0.903 bits per heavy atom. The van der Waals surface area contributed by atoms with Crippen molar-refractivity contribution in [2.75, 3.05) is 17.9 Å². The Kier molecular flexibility index (Phi) is 6.97. The van der Waals surface area contributed by atoms with E-state index in [-0.39, 0.29) is 10.8 Å². The van der Waals surface area contributed by atoms with Crippen LogP contribution in [-0.2, 0) is 10.0 Å². The van der Waals surface area contributed by atoms with E-state index in [1.54, 1.807) is 43.3 Å². The number of benzene rings is 3. The fourth-order valence-corrected chi connectivity index (χ4v) is 4.18. The molecular formula is C24H26N2O4S. The van der Waals surface area contributed by atoms with Crippen LogP contribution in [0.4, 0.5) is 5.69 Å². The second-order valence-corrected chi connectivity index (χ2v) is 8.93. The molecule has 3 aromatic carbocycles. The van der Waals surface area contributed by atoms with Gasteiger partial charge in [0.2, 0.25) is 0 Å². The number of sulfonamides is 1. The summed E-state index contributed by atoms with van der Waals surface area (Å²) in [7, 11) is -3.69. The number of amides is 1. The fourth-order valence-electron chi connectivity index (χ4n) is 3.03. The zero-order valence-corrected chi connectivity index (χ0v) is 18.6. The highest BCUT2D eigenvalue weighted by Crippen LogP contribution is 2.22. The maximum absolute atomic E-state index is 12.5. The van der Waals surface area contributed by atoms with Crippen molar-refractivity contribution in [3.63, 3.8) is 0 Å². The molecule has 0 fully saturated rings. The molecule has 0 spiro atoms. The molecule has 2 N–H and O–H groups in total. The van der Waals surface area contributed by atoms with Gasteiger partial charge in [-0.15, -0.1) is 0 Å². The first-order valence-corrected chi connectivity index (χ1v) is 11.4. The lowest BCUT2D eigenvalue weighted by molar-refractivity contribution is 0.0947. The average Bonchev–Trinajstić information content (AvgIpc) is 2.76. The summed E-state index contributed by atoms with van der Waals surface area (Å²) in [4.78, 5) is 12.6. The van der Waals surface area contributed by atoms with Gasteiger partial charge >= 0.3 is 0 Å². The molecule has 0 unspecified atom stereocenters. The summed E-state index contributed by atoms with van der Waals surface area (Å²) in [6.07, 6.45) is 0. The molecule has 162 valence electrons. The average molecular weight is 439 g/mol. The minimum absolute atomic E-state index is 0.181. The first-order valence-electron chi connectivity index (χ1n) is 9.93. The van der Waals surface area contributed by atoms with Gasteiger partial charge in [-0.05, 0) is 73.9 Å². The summed E-state index contributed by atoms with van der Waals surface area (Å²) in [5.41, 5.74) is 3.77. The van der Waals surface area contributed by atoms with Crippen molar-refractivity contribution < 1.29 is 17.9 Å². The summed E-state index contributed by atoms with van der Waals surface area (Å²) >= 11 is 0. The first kappa shape index (κ1) is 22.4. The Balaban J connectivity index is 1.58. The third-order valence-corrected chi connectivity index (χ3v) is 6.37. The van der Waals surface area contributed by atoms with Crippen LogP contribution in [0.3, 0.4) is 0 Å².